The van der Waals surface area contributed by atoms with Crippen molar-refractivity contribution in [3.05, 3.63) is 65.5 Å². The Morgan fingerprint density at radius 2 is 1.72 bits per heavy atom. The van der Waals surface area contributed by atoms with Gasteiger partial charge in [0.1, 0.15) is 11.6 Å². The minimum atomic E-state index is -0.376. The Balaban J connectivity index is 1.62. The van der Waals surface area contributed by atoms with Crippen LogP contribution in [0.5, 0.6) is 5.75 Å². The molecule has 152 valence electrons. The summed E-state index contributed by atoms with van der Waals surface area (Å²) in [4.78, 5) is 29.9. The molecular weight excluding hydrogens is 371 g/mol. The number of nitrogens with zero attached hydrogens (tertiary/aromatic N) is 2. The first kappa shape index (κ1) is 19.4. The van der Waals surface area contributed by atoms with Gasteiger partial charge >= 0.3 is 0 Å². The van der Waals surface area contributed by atoms with Crippen LogP contribution in [-0.2, 0) is 4.79 Å². The Kier molecular flexibility index (Phi) is 5.51. The predicted octanol–water partition coefficient (Wildman–Crippen LogP) is 3.31. The summed E-state index contributed by atoms with van der Waals surface area (Å²) in [5.74, 6) is -0.0796. The van der Waals surface area contributed by atoms with Gasteiger partial charge in [-0.1, -0.05) is 12.1 Å². The van der Waals surface area contributed by atoms with Gasteiger partial charge in [0, 0.05) is 37.7 Å². The van der Waals surface area contributed by atoms with Gasteiger partial charge in [-0.05, 0) is 54.8 Å². The molecule has 5 nitrogen and oxygen atoms in total. The number of halogens is 1. The van der Waals surface area contributed by atoms with Crippen LogP contribution in [0.1, 0.15) is 34.7 Å². The molecule has 0 bridgehead atoms. The van der Waals surface area contributed by atoms with Crippen LogP contribution in [0.25, 0.3) is 0 Å². The lowest BCUT2D eigenvalue weighted by atomic mass is 9.88. The number of carbonyl (C=O) groups is 2. The molecule has 2 fully saturated rings. The van der Waals surface area contributed by atoms with E-state index in [4.69, 9.17) is 4.74 Å². The van der Waals surface area contributed by atoms with E-state index in [1.54, 1.807) is 12.0 Å². The standard InChI is InChI=1S/C23H25FN2O3/c1-29-19-6-4-5-17(13-19)20-14-26(22(27)16-7-9-18(24)10-8-16)15-21(20)23(28)25-11-2-3-12-25/h4-10,13,20-21H,2-3,11-12,14-15H2,1H3. The van der Waals surface area contributed by atoms with Gasteiger partial charge in [0.15, 0.2) is 0 Å². The van der Waals surface area contributed by atoms with E-state index in [1.165, 1.54) is 24.3 Å². The number of carbonyl (C=O) groups excluding carboxylic acids is 2. The third-order valence-electron chi connectivity index (χ3n) is 5.96. The van der Waals surface area contributed by atoms with Gasteiger partial charge in [0.2, 0.25) is 5.91 Å². The van der Waals surface area contributed by atoms with Crippen molar-refractivity contribution in [3.8, 4) is 5.75 Å². The highest BCUT2D eigenvalue weighted by atomic mass is 19.1. The topological polar surface area (TPSA) is 49.9 Å². The van der Waals surface area contributed by atoms with Crippen molar-refractivity contribution in [1.82, 2.24) is 9.80 Å². The predicted molar refractivity (Wildman–Crippen MR) is 107 cm³/mol. The average Bonchev–Trinajstić information content (AvgIpc) is 3.44. The van der Waals surface area contributed by atoms with Gasteiger partial charge in [-0.2, -0.15) is 0 Å². The molecule has 0 aromatic heterocycles. The average molecular weight is 396 g/mol. The molecule has 2 saturated heterocycles. The molecule has 2 amide bonds. The van der Waals surface area contributed by atoms with Gasteiger partial charge in [0.05, 0.1) is 13.0 Å². The van der Waals surface area contributed by atoms with E-state index >= 15 is 0 Å². The quantitative estimate of drug-likeness (QED) is 0.797. The van der Waals surface area contributed by atoms with Crippen LogP contribution in [0.2, 0.25) is 0 Å². The monoisotopic (exact) mass is 396 g/mol. The van der Waals surface area contributed by atoms with Crippen LogP contribution in [-0.4, -0.2) is 54.9 Å². The summed E-state index contributed by atoms with van der Waals surface area (Å²) in [5.41, 5.74) is 1.43. The fourth-order valence-electron chi connectivity index (χ4n) is 4.38. The first-order chi connectivity index (χ1) is 14.1. The lowest BCUT2D eigenvalue weighted by Crippen LogP contribution is -2.37. The Morgan fingerprint density at radius 1 is 1.00 bits per heavy atom. The summed E-state index contributed by atoms with van der Waals surface area (Å²) in [6.07, 6.45) is 2.06. The summed E-state index contributed by atoms with van der Waals surface area (Å²) in [6, 6.07) is 13.3. The van der Waals surface area contributed by atoms with E-state index in [0.717, 1.165) is 37.2 Å². The molecule has 2 aliphatic heterocycles. The highest BCUT2D eigenvalue weighted by Crippen LogP contribution is 2.36. The van der Waals surface area contributed by atoms with Crippen molar-refractivity contribution >= 4 is 11.8 Å². The molecule has 2 unspecified atom stereocenters. The number of hydrogen-bond donors (Lipinski definition) is 0. The van der Waals surface area contributed by atoms with Gasteiger partial charge in [-0.3, -0.25) is 9.59 Å². The van der Waals surface area contributed by atoms with Gasteiger partial charge in [-0.15, -0.1) is 0 Å². The molecule has 2 aromatic rings. The highest BCUT2D eigenvalue weighted by molar-refractivity contribution is 5.95. The summed E-state index contributed by atoms with van der Waals surface area (Å²) >= 11 is 0. The van der Waals surface area contributed by atoms with Crippen LogP contribution >= 0.6 is 0 Å². The summed E-state index contributed by atoms with van der Waals surface area (Å²) < 4.78 is 18.6. The number of methoxy groups -OCH3 is 1. The maximum atomic E-state index is 13.2. The smallest absolute Gasteiger partial charge is 0.253 e. The molecule has 2 atom stereocenters. The van der Waals surface area contributed by atoms with Crippen molar-refractivity contribution in [2.24, 2.45) is 5.92 Å². The van der Waals surface area contributed by atoms with Crippen molar-refractivity contribution < 1.29 is 18.7 Å². The largest absolute Gasteiger partial charge is 0.497 e. The van der Waals surface area contributed by atoms with E-state index in [-0.39, 0.29) is 29.5 Å². The van der Waals surface area contributed by atoms with Crippen molar-refractivity contribution in [2.75, 3.05) is 33.3 Å². The highest BCUT2D eigenvalue weighted by Gasteiger charge is 2.42. The first-order valence-electron chi connectivity index (χ1n) is 10.0. The number of hydrogen-bond acceptors (Lipinski definition) is 3. The molecule has 2 heterocycles. The number of ether oxygens (including phenoxy) is 1. The third-order valence-corrected chi connectivity index (χ3v) is 5.96. The molecule has 0 radical (unpaired) electrons. The lowest BCUT2D eigenvalue weighted by molar-refractivity contribution is -0.134. The zero-order chi connectivity index (χ0) is 20.4. The number of rotatable bonds is 4. The second-order valence-corrected chi connectivity index (χ2v) is 7.74. The number of amides is 2. The van der Waals surface area contributed by atoms with Crippen LogP contribution in [0.15, 0.2) is 48.5 Å². The van der Waals surface area contributed by atoms with Gasteiger partial charge < -0.3 is 14.5 Å². The third kappa shape index (κ3) is 3.97. The van der Waals surface area contributed by atoms with Crippen molar-refractivity contribution in [2.45, 2.75) is 18.8 Å². The van der Waals surface area contributed by atoms with Crippen LogP contribution in [0.4, 0.5) is 4.39 Å². The van der Waals surface area contributed by atoms with E-state index in [1.807, 2.05) is 29.2 Å². The Hall–Kier alpha value is -2.89. The maximum Gasteiger partial charge on any atom is 0.253 e. The summed E-state index contributed by atoms with van der Waals surface area (Å²) in [6.45, 7) is 2.39. The Bertz CT molecular complexity index is 893. The maximum absolute atomic E-state index is 13.2. The molecular formula is C23H25FN2O3. The zero-order valence-electron chi connectivity index (χ0n) is 16.5. The van der Waals surface area contributed by atoms with E-state index in [9.17, 15) is 14.0 Å². The minimum Gasteiger partial charge on any atom is -0.497 e. The van der Waals surface area contributed by atoms with Gasteiger partial charge in [0.25, 0.3) is 5.91 Å². The SMILES string of the molecule is COc1cccc(C2CN(C(=O)c3ccc(F)cc3)CC2C(=O)N2CCCC2)c1. The molecule has 2 aromatic carbocycles. The second-order valence-electron chi connectivity index (χ2n) is 7.74. The van der Waals surface area contributed by atoms with E-state index in [2.05, 4.69) is 0 Å². The molecule has 2 aliphatic rings. The summed E-state index contributed by atoms with van der Waals surface area (Å²) in [7, 11) is 1.62. The van der Waals surface area contributed by atoms with Crippen LogP contribution in [0, 0.1) is 11.7 Å². The van der Waals surface area contributed by atoms with E-state index in [0.29, 0.717) is 18.7 Å². The van der Waals surface area contributed by atoms with Crippen molar-refractivity contribution in [1.29, 1.82) is 0 Å². The molecule has 0 aliphatic carbocycles. The summed E-state index contributed by atoms with van der Waals surface area (Å²) in [5, 5.41) is 0. The Morgan fingerprint density at radius 3 is 2.41 bits per heavy atom. The molecule has 6 heteroatoms. The number of likely N-dealkylation sites (tertiary alicyclic amines) is 2. The fraction of sp³-hybridized carbons (Fsp3) is 0.391. The Labute approximate surface area is 170 Å². The number of benzene rings is 2. The minimum absolute atomic E-state index is 0.0948. The van der Waals surface area contributed by atoms with Crippen LogP contribution < -0.4 is 4.74 Å². The van der Waals surface area contributed by atoms with E-state index < -0.39 is 0 Å². The normalized spacial score (nSPS) is 21.4. The van der Waals surface area contributed by atoms with Gasteiger partial charge in [-0.25, -0.2) is 4.39 Å². The molecule has 4 rings (SSSR count). The van der Waals surface area contributed by atoms with Crippen molar-refractivity contribution in [3.63, 3.8) is 0 Å². The molecule has 0 N–H and O–H groups in total. The lowest BCUT2D eigenvalue weighted by Gasteiger charge is -2.24. The second kappa shape index (κ2) is 8.23. The molecule has 0 spiro atoms. The zero-order valence-corrected chi connectivity index (χ0v) is 16.5. The molecule has 29 heavy (non-hydrogen) atoms. The molecule has 0 saturated carbocycles. The fourth-order valence-corrected chi connectivity index (χ4v) is 4.38. The van der Waals surface area contributed by atoms with Crippen LogP contribution in [0.3, 0.4) is 0 Å². The first-order valence-corrected chi connectivity index (χ1v) is 10.0.